The van der Waals surface area contributed by atoms with E-state index < -0.39 is 0 Å². The van der Waals surface area contributed by atoms with Crippen LogP contribution in [-0.4, -0.2) is 62.1 Å². The predicted octanol–water partition coefficient (Wildman–Crippen LogP) is 0.497. The molecule has 7 heteroatoms. The summed E-state index contributed by atoms with van der Waals surface area (Å²) >= 11 is 0. The minimum absolute atomic E-state index is 0.0947. The number of nitrogens with one attached hydrogen (secondary N) is 1. The van der Waals surface area contributed by atoms with Gasteiger partial charge in [0.15, 0.2) is 0 Å². The fourth-order valence-corrected chi connectivity index (χ4v) is 1.86. The maximum atomic E-state index is 11.6. The molecule has 0 bridgehead atoms. The molecule has 0 saturated carbocycles. The van der Waals surface area contributed by atoms with Gasteiger partial charge in [0.1, 0.15) is 0 Å². The van der Waals surface area contributed by atoms with Crippen molar-refractivity contribution >= 4 is 17.7 Å². The molecule has 0 spiro atoms. The Morgan fingerprint density at radius 1 is 1.09 bits per heavy atom. The van der Waals surface area contributed by atoms with Crippen LogP contribution < -0.4 is 5.32 Å². The van der Waals surface area contributed by atoms with E-state index in [1.165, 1.54) is 12.2 Å². The fourth-order valence-electron chi connectivity index (χ4n) is 1.86. The van der Waals surface area contributed by atoms with E-state index in [2.05, 4.69) is 19.2 Å². The van der Waals surface area contributed by atoms with E-state index in [4.69, 9.17) is 9.47 Å². The van der Waals surface area contributed by atoms with Gasteiger partial charge in [-0.05, 0) is 12.3 Å². The Morgan fingerprint density at radius 3 is 2.30 bits per heavy atom. The molecule has 0 atom stereocenters. The van der Waals surface area contributed by atoms with Crippen molar-refractivity contribution < 1.29 is 23.9 Å². The molecule has 1 N–H and O–H groups in total. The van der Waals surface area contributed by atoms with Crippen molar-refractivity contribution in [3.63, 3.8) is 0 Å². The molecule has 0 aromatic heterocycles. The summed E-state index contributed by atoms with van der Waals surface area (Å²) in [4.78, 5) is 35.2. The predicted molar refractivity (Wildman–Crippen MR) is 84.6 cm³/mol. The molecule has 1 rings (SSSR count). The van der Waals surface area contributed by atoms with Crippen LogP contribution in [0.1, 0.15) is 26.7 Å². The van der Waals surface area contributed by atoms with Gasteiger partial charge in [-0.2, -0.15) is 0 Å². The molecule has 0 aliphatic carbocycles. The van der Waals surface area contributed by atoms with Gasteiger partial charge in [-0.3, -0.25) is 19.3 Å². The number of nitrogens with zero attached hydrogens (tertiary/aromatic N) is 1. The van der Waals surface area contributed by atoms with Crippen LogP contribution in [0.3, 0.4) is 0 Å². The smallest absolute Gasteiger partial charge is 0.253 e. The summed E-state index contributed by atoms with van der Waals surface area (Å²) in [6.45, 7) is 6.97. The number of carbonyl (C=O) groups is 3. The number of imide groups is 1. The lowest BCUT2D eigenvalue weighted by molar-refractivity contribution is -0.137. The average molecular weight is 326 g/mol. The highest BCUT2D eigenvalue weighted by Gasteiger charge is 2.23. The van der Waals surface area contributed by atoms with E-state index in [1.54, 1.807) is 0 Å². The van der Waals surface area contributed by atoms with Crippen LogP contribution in [0.15, 0.2) is 12.2 Å². The molecule has 130 valence electrons. The molecule has 23 heavy (non-hydrogen) atoms. The summed E-state index contributed by atoms with van der Waals surface area (Å²) in [5.41, 5.74) is 0. The third-order valence-corrected chi connectivity index (χ3v) is 3.24. The Kier molecular flexibility index (Phi) is 9.16. The second-order valence-corrected chi connectivity index (χ2v) is 5.67. The van der Waals surface area contributed by atoms with Gasteiger partial charge in [0.25, 0.3) is 11.8 Å². The van der Waals surface area contributed by atoms with Gasteiger partial charge in [0.2, 0.25) is 5.91 Å². The topological polar surface area (TPSA) is 84.9 Å². The second-order valence-electron chi connectivity index (χ2n) is 5.67. The Hall–Kier alpha value is -1.73. The number of hydrogen-bond donors (Lipinski definition) is 1. The van der Waals surface area contributed by atoms with E-state index in [-0.39, 0.29) is 30.7 Å². The van der Waals surface area contributed by atoms with E-state index in [0.29, 0.717) is 32.3 Å². The first-order valence-electron chi connectivity index (χ1n) is 7.96. The average Bonchev–Trinajstić information content (AvgIpc) is 2.82. The highest BCUT2D eigenvalue weighted by molar-refractivity contribution is 6.13. The van der Waals surface area contributed by atoms with Crippen LogP contribution in [-0.2, 0) is 23.9 Å². The highest BCUT2D eigenvalue weighted by atomic mass is 16.5. The SMILES string of the molecule is CC(C)CCOCCOCCNC(=O)CCN1C(=O)C=CC1=O. The highest BCUT2D eigenvalue weighted by Crippen LogP contribution is 2.03. The molecule has 3 amide bonds. The summed E-state index contributed by atoms with van der Waals surface area (Å²) < 4.78 is 10.7. The number of amides is 3. The van der Waals surface area contributed by atoms with Crippen LogP contribution >= 0.6 is 0 Å². The zero-order valence-electron chi connectivity index (χ0n) is 13.9. The molecule has 1 aliphatic heterocycles. The first kappa shape index (κ1) is 19.3. The van der Waals surface area contributed by atoms with E-state index in [0.717, 1.165) is 17.9 Å². The largest absolute Gasteiger partial charge is 0.379 e. The lowest BCUT2D eigenvalue weighted by Gasteiger charge is -2.13. The van der Waals surface area contributed by atoms with E-state index in [1.807, 2.05) is 0 Å². The van der Waals surface area contributed by atoms with Crippen LogP contribution in [0.5, 0.6) is 0 Å². The van der Waals surface area contributed by atoms with Gasteiger partial charge in [0, 0.05) is 38.3 Å². The number of carbonyl (C=O) groups excluding carboxylic acids is 3. The molecule has 0 aromatic carbocycles. The zero-order valence-corrected chi connectivity index (χ0v) is 13.9. The first-order chi connectivity index (χ1) is 11.0. The molecule has 7 nitrogen and oxygen atoms in total. The van der Waals surface area contributed by atoms with E-state index in [9.17, 15) is 14.4 Å². The van der Waals surface area contributed by atoms with Gasteiger partial charge < -0.3 is 14.8 Å². The summed E-state index contributed by atoms with van der Waals surface area (Å²) in [6.07, 6.45) is 3.54. The van der Waals surface area contributed by atoms with Gasteiger partial charge in [0.05, 0.1) is 19.8 Å². The lowest BCUT2D eigenvalue weighted by atomic mass is 10.1. The summed E-state index contributed by atoms with van der Waals surface area (Å²) in [5, 5.41) is 2.68. The monoisotopic (exact) mass is 326 g/mol. The minimum Gasteiger partial charge on any atom is -0.379 e. The first-order valence-corrected chi connectivity index (χ1v) is 7.96. The van der Waals surface area contributed by atoms with Gasteiger partial charge >= 0.3 is 0 Å². The molecular formula is C16H26N2O5. The fraction of sp³-hybridized carbons (Fsp3) is 0.688. The standard InChI is InChI=1S/C16H26N2O5/c1-13(2)6-9-22-11-12-23-10-7-17-14(19)5-8-18-15(20)3-4-16(18)21/h3-4,13H,5-12H2,1-2H3,(H,17,19). The van der Waals surface area contributed by atoms with Crippen molar-refractivity contribution in [1.29, 1.82) is 0 Å². The maximum Gasteiger partial charge on any atom is 0.253 e. The molecule has 0 unspecified atom stereocenters. The molecule has 0 radical (unpaired) electrons. The van der Waals surface area contributed by atoms with Gasteiger partial charge in [-0.25, -0.2) is 0 Å². The van der Waals surface area contributed by atoms with Crippen molar-refractivity contribution in [2.24, 2.45) is 5.92 Å². The van der Waals surface area contributed by atoms with Crippen LogP contribution in [0.25, 0.3) is 0 Å². The van der Waals surface area contributed by atoms with Crippen molar-refractivity contribution in [2.45, 2.75) is 26.7 Å². The zero-order chi connectivity index (χ0) is 17.1. The van der Waals surface area contributed by atoms with Crippen LogP contribution in [0.4, 0.5) is 0 Å². The quantitative estimate of drug-likeness (QED) is 0.417. The van der Waals surface area contributed by atoms with Crippen molar-refractivity contribution in [2.75, 3.05) is 39.5 Å². The Balaban J connectivity index is 1.92. The molecule has 1 heterocycles. The second kappa shape index (κ2) is 10.9. The molecule has 1 aliphatic rings. The van der Waals surface area contributed by atoms with Gasteiger partial charge in [-0.1, -0.05) is 13.8 Å². The number of rotatable bonds is 12. The Bertz CT molecular complexity index is 416. The third kappa shape index (κ3) is 8.47. The Morgan fingerprint density at radius 2 is 1.70 bits per heavy atom. The van der Waals surface area contributed by atoms with Crippen LogP contribution in [0.2, 0.25) is 0 Å². The third-order valence-electron chi connectivity index (χ3n) is 3.24. The van der Waals surface area contributed by atoms with Gasteiger partial charge in [-0.15, -0.1) is 0 Å². The van der Waals surface area contributed by atoms with Crippen molar-refractivity contribution in [1.82, 2.24) is 10.2 Å². The minimum atomic E-state index is -0.372. The van der Waals surface area contributed by atoms with E-state index >= 15 is 0 Å². The lowest BCUT2D eigenvalue weighted by Crippen LogP contribution is -2.35. The summed E-state index contributed by atoms with van der Waals surface area (Å²) in [5.74, 6) is -0.324. The number of ether oxygens (including phenoxy) is 2. The Labute approximate surface area is 137 Å². The summed E-state index contributed by atoms with van der Waals surface area (Å²) in [6, 6.07) is 0. The molecule has 0 saturated heterocycles. The molecule has 0 aromatic rings. The van der Waals surface area contributed by atoms with Crippen LogP contribution in [0, 0.1) is 5.92 Å². The molecule has 0 fully saturated rings. The molecular weight excluding hydrogens is 300 g/mol. The number of hydrogen-bond acceptors (Lipinski definition) is 5. The maximum absolute atomic E-state index is 11.6. The van der Waals surface area contributed by atoms with Crippen molar-refractivity contribution in [3.05, 3.63) is 12.2 Å². The normalized spacial score (nSPS) is 14.1. The van der Waals surface area contributed by atoms with Crippen molar-refractivity contribution in [3.8, 4) is 0 Å². The summed E-state index contributed by atoms with van der Waals surface area (Å²) in [7, 11) is 0.